The number of anilines is 1. The monoisotopic (exact) mass is 422 g/mol. The lowest BCUT2D eigenvalue weighted by Crippen LogP contribution is -2.48. The van der Waals surface area contributed by atoms with E-state index in [-0.39, 0.29) is 16.9 Å². The Hall–Kier alpha value is -2.51. The third-order valence-electron chi connectivity index (χ3n) is 4.45. The second kappa shape index (κ2) is 8.24. The van der Waals surface area contributed by atoms with Crippen molar-refractivity contribution in [2.75, 3.05) is 11.9 Å². The van der Waals surface area contributed by atoms with Gasteiger partial charge < -0.3 is 15.2 Å². The lowest BCUT2D eigenvalue weighted by atomic mass is 9.94. The molecule has 0 saturated heterocycles. The van der Waals surface area contributed by atoms with Crippen molar-refractivity contribution in [2.45, 2.75) is 33.2 Å². The minimum absolute atomic E-state index is 0.286. The molecule has 0 unspecified atom stereocenters. The highest BCUT2D eigenvalue weighted by Gasteiger charge is 2.36. The molecule has 1 aromatic heterocycles. The highest BCUT2D eigenvalue weighted by Crippen LogP contribution is 2.37. The van der Waals surface area contributed by atoms with Crippen LogP contribution in [0, 0.1) is 6.92 Å². The Bertz CT molecular complexity index is 954. The summed E-state index contributed by atoms with van der Waals surface area (Å²) in [4.78, 5) is 27.3. The molecular formula is C19H20Cl2N4O3. The van der Waals surface area contributed by atoms with Crippen LogP contribution in [0.5, 0.6) is 0 Å². The normalized spacial score (nSPS) is 17.0. The third kappa shape index (κ3) is 3.86. The van der Waals surface area contributed by atoms with Crippen LogP contribution in [0.4, 0.5) is 10.6 Å². The standard InChI is InChI=1S/C19H20Cl2N4O3/c1-4-8-25-11(3)15(18(26)22-14-9-10(2)28-24-14)17(23-19(25)27)12-6-5-7-13(20)16(12)21/h5-7,9,17H,4,8H2,1-3H3,(H,23,27)(H,22,24,26)/t17-/m0/s1. The Morgan fingerprint density at radius 2 is 2.11 bits per heavy atom. The van der Waals surface area contributed by atoms with E-state index in [1.54, 1.807) is 38.1 Å². The first-order valence-corrected chi connectivity index (χ1v) is 9.56. The van der Waals surface area contributed by atoms with Gasteiger partial charge in [-0.05, 0) is 31.9 Å². The summed E-state index contributed by atoms with van der Waals surface area (Å²) in [7, 11) is 0. The van der Waals surface area contributed by atoms with Gasteiger partial charge in [0.2, 0.25) is 0 Å². The van der Waals surface area contributed by atoms with Crippen molar-refractivity contribution in [3.8, 4) is 0 Å². The lowest BCUT2D eigenvalue weighted by molar-refractivity contribution is -0.113. The van der Waals surface area contributed by atoms with Crippen LogP contribution in [-0.2, 0) is 4.79 Å². The first-order chi connectivity index (χ1) is 13.3. The number of nitrogens with zero attached hydrogens (tertiary/aromatic N) is 2. The number of hydrogen-bond acceptors (Lipinski definition) is 4. The van der Waals surface area contributed by atoms with E-state index in [4.69, 9.17) is 27.7 Å². The summed E-state index contributed by atoms with van der Waals surface area (Å²) in [5, 5.41) is 10.0. The van der Waals surface area contributed by atoms with E-state index in [1.165, 1.54) is 4.90 Å². The van der Waals surface area contributed by atoms with Crippen LogP contribution in [0.3, 0.4) is 0 Å². The van der Waals surface area contributed by atoms with Gasteiger partial charge in [0.25, 0.3) is 5.91 Å². The van der Waals surface area contributed by atoms with Gasteiger partial charge in [0.1, 0.15) is 5.76 Å². The fourth-order valence-electron chi connectivity index (χ4n) is 3.15. The fraction of sp³-hybridized carbons (Fsp3) is 0.316. The van der Waals surface area contributed by atoms with Crippen LogP contribution in [0.2, 0.25) is 10.0 Å². The SMILES string of the molecule is CCCN1C(=O)N[C@@H](c2cccc(Cl)c2Cl)C(C(=O)Nc2cc(C)on2)=C1C. The molecule has 1 aromatic carbocycles. The second-order valence-corrected chi connectivity index (χ2v) is 7.24. The maximum absolute atomic E-state index is 13.1. The molecule has 9 heteroatoms. The number of aromatic nitrogens is 1. The van der Waals surface area contributed by atoms with Crippen LogP contribution in [0.25, 0.3) is 0 Å². The van der Waals surface area contributed by atoms with E-state index in [2.05, 4.69) is 15.8 Å². The number of carbonyl (C=O) groups is 2. The molecule has 3 rings (SSSR count). The van der Waals surface area contributed by atoms with Gasteiger partial charge in [-0.1, -0.05) is 47.4 Å². The molecule has 0 bridgehead atoms. The fourth-order valence-corrected chi connectivity index (χ4v) is 3.57. The van der Waals surface area contributed by atoms with Crippen LogP contribution in [-0.4, -0.2) is 28.5 Å². The summed E-state index contributed by atoms with van der Waals surface area (Å²) in [5.41, 5.74) is 1.45. The Labute approximate surface area is 172 Å². The number of benzene rings is 1. The van der Waals surface area contributed by atoms with E-state index in [1.807, 2.05) is 6.92 Å². The van der Waals surface area contributed by atoms with Crippen LogP contribution >= 0.6 is 23.2 Å². The zero-order valence-corrected chi connectivity index (χ0v) is 17.2. The van der Waals surface area contributed by atoms with E-state index in [0.29, 0.717) is 34.2 Å². The quantitative estimate of drug-likeness (QED) is 0.731. The van der Waals surface area contributed by atoms with Crippen molar-refractivity contribution in [3.05, 3.63) is 56.9 Å². The molecule has 0 fully saturated rings. The molecule has 1 atom stereocenters. The number of nitrogens with one attached hydrogen (secondary N) is 2. The van der Waals surface area contributed by atoms with Gasteiger partial charge in [-0.25, -0.2) is 4.79 Å². The summed E-state index contributed by atoms with van der Waals surface area (Å²) in [6.07, 6.45) is 0.741. The Morgan fingerprint density at radius 1 is 1.36 bits per heavy atom. The van der Waals surface area contributed by atoms with Gasteiger partial charge in [0.15, 0.2) is 5.82 Å². The summed E-state index contributed by atoms with van der Waals surface area (Å²) < 4.78 is 5.00. The summed E-state index contributed by atoms with van der Waals surface area (Å²) in [6.45, 7) is 5.90. The topological polar surface area (TPSA) is 87.5 Å². The number of aryl methyl sites for hydroxylation is 1. The van der Waals surface area contributed by atoms with Gasteiger partial charge in [-0.15, -0.1) is 0 Å². The van der Waals surface area contributed by atoms with Gasteiger partial charge in [0.05, 0.1) is 21.7 Å². The Kier molecular flexibility index (Phi) is 5.96. The first kappa shape index (κ1) is 20.2. The number of rotatable bonds is 5. The van der Waals surface area contributed by atoms with Crippen LogP contribution < -0.4 is 10.6 Å². The van der Waals surface area contributed by atoms with E-state index in [0.717, 1.165) is 6.42 Å². The second-order valence-electron chi connectivity index (χ2n) is 6.45. The minimum atomic E-state index is -0.750. The van der Waals surface area contributed by atoms with Gasteiger partial charge in [-0.2, -0.15) is 0 Å². The average molecular weight is 423 g/mol. The van der Waals surface area contributed by atoms with Crippen molar-refractivity contribution in [3.63, 3.8) is 0 Å². The predicted octanol–water partition coefficient (Wildman–Crippen LogP) is 4.68. The number of hydrogen-bond donors (Lipinski definition) is 2. The highest BCUT2D eigenvalue weighted by atomic mass is 35.5. The highest BCUT2D eigenvalue weighted by molar-refractivity contribution is 6.42. The van der Waals surface area contributed by atoms with Crippen molar-refractivity contribution in [1.82, 2.24) is 15.4 Å². The van der Waals surface area contributed by atoms with Crippen LogP contribution in [0.15, 0.2) is 40.1 Å². The minimum Gasteiger partial charge on any atom is -0.360 e. The van der Waals surface area contributed by atoms with Gasteiger partial charge in [-0.3, -0.25) is 9.69 Å². The summed E-state index contributed by atoms with van der Waals surface area (Å²) in [5.74, 6) is 0.450. The Balaban J connectivity index is 2.07. The molecule has 2 N–H and O–H groups in total. The van der Waals surface area contributed by atoms with Crippen molar-refractivity contribution in [1.29, 1.82) is 0 Å². The molecule has 0 radical (unpaired) electrons. The molecule has 0 aliphatic carbocycles. The van der Waals surface area contributed by atoms with Crippen molar-refractivity contribution >= 4 is 41.0 Å². The summed E-state index contributed by atoms with van der Waals surface area (Å²) >= 11 is 12.5. The first-order valence-electron chi connectivity index (χ1n) is 8.80. The number of allylic oxidation sites excluding steroid dienone is 1. The predicted molar refractivity (Wildman–Crippen MR) is 107 cm³/mol. The number of amides is 3. The average Bonchev–Trinajstić information content (AvgIpc) is 3.05. The zero-order valence-electron chi connectivity index (χ0n) is 15.7. The Morgan fingerprint density at radius 3 is 2.75 bits per heavy atom. The number of halogens is 2. The van der Waals surface area contributed by atoms with Crippen LogP contribution in [0.1, 0.15) is 37.6 Å². The largest absolute Gasteiger partial charge is 0.360 e. The molecule has 1 aliphatic heterocycles. The van der Waals surface area contributed by atoms with Crippen molar-refractivity contribution in [2.24, 2.45) is 0 Å². The van der Waals surface area contributed by atoms with Crippen molar-refractivity contribution < 1.29 is 14.1 Å². The lowest BCUT2D eigenvalue weighted by Gasteiger charge is -2.36. The van der Waals surface area contributed by atoms with E-state index >= 15 is 0 Å². The van der Waals surface area contributed by atoms with E-state index < -0.39 is 11.9 Å². The molecular weight excluding hydrogens is 403 g/mol. The maximum atomic E-state index is 13.1. The van der Waals surface area contributed by atoms with Gasteiger partial charge in [0, 0.05) is 18.3 Å². The molecule has 2 heterocycles. The molecule has 28 heavy (non-hydrogen) atoms. The molecule has 0 saturated carbocycles. The summed E-state index contributed by atoms with van der Waals surface area (Å²) in [6, 6.07) is 5.67. The van der Waals surface area contributed by atoms with E-state index in [9.17, 15) is 9.59 Å². The molecule has 7 nitrogen and oxygen atoms in total. The maximum Gasteiger partial charge on any atom is 0.322 e. The molecule has 3 amide bonds. The molecule has 148 valence electrons. The number of carbonyl (C=O) groups excluding carboxylic acids is 2. The third-order valence-corrected chi connectivity index (χ3v) is 5.28. The molecule has 0 spiro atoms. The molecule has 1 aliphatic rings. The smallest absolute Gasteiger partial charge is 0.322 e. The van der Waals surface area contributed by atoms with Gasteiger partial charge >= 0.3 is 6.03 Å². The zero-order chi connectivity index (χ0) is 20.4. The number of urea groups is 1. The molecule has 2 aromatic rings.